The number of aliphatic hydroxyl groups is 1. The first-order valence-electron chi connectivity index (χ1n) is 5.88. The van der Waals surface area contributed by atoms with E-state index in [9.17, 15) is 5.11 Å². The largest absolute Gasteiger partial charge is 0.392 e. The van der Waals surface area contributed by atoms with Crippen LogP contribution in [0.1, 0.15) is 24.0 Å². The molecule has 3 heteroatoms. The summed E-state index contributed by atoms with van der Waals surface area (Å²) in [4.78, 5) is 0. The molecule has 1 atom stereocenters. The quantitative estimate of drug-likeness (QED) is 0.893. The maximum absolute atomic E-state index is 9.34. The van der Waals surface area contributed by atoms with Crippen molar-refractivity contribution in [1.82, 2.24) is 5.32 Å². The Hall–Kier alpha value is -0.380. The van der Waals surface area contributed by atoms with E-state index < -0.39 is 0 Å². The maximum atomic E-state index is 9.34. The molecule has 2 rings (SSSR count). The molecule has 1 unspecified atom stereocenters. The summed E-state index contributed by atoms with van der Waals surface area (Å²) in [7, 11) is 0. The van der Waals surface area contributed by atoms with E-state index in [0.29, 0.717) is 0 Å². The zero-order valence-electron chi connectivity index (χ0n) is 9.38. The van der Waals surface area contributed by atoms with Crippen molar-refractivity contribution >= 4 is 15.9 Å². The van der Waals surface area contributed by atoms with Gasteiger partial charge in [-0.25, -0.2) is 0 Å². The number of hydrogen-bond donors (Lipinski definition) is 2. The van der Waals surface area contributed by atoms with Gasteiger partial charge in [0.1, 0.15) is 0 Å². The molecule has 0 radical (unpaired) electrons. The molecule has 1 aliphatic heterocycles. The van der Waals surface area contributed by atoms with Crippen molar-refractivity contribution in [2.45, 2.75) is 25.9 Å². The molecule has 0 saturated carbocycles. The lowest BCUT2D eigenvalue weighted by atomic mass is 9.90. The van der Waals surface area contributed by atoms with Crippen LogP contribution in [-0.2, 0) is 13.0 Å². The predicted octanol–water partition coefficient (Wildman–Crippen LogP) is 2.48. The fourth-order valence-electron chi connectivity index (χ4n) is 2.35. The molecule has 88 valence electrons. The van der Waals surface area contributed by atoms with Gasteiger partial charge >= 0.3 is 0 Å². The van der Waals surface area contributed by atoms with Crippen LogP contribution < -0.4 is 5.32 Å². The Bertz CT molecular complexity index is 348. The summed E-state index contributed by atoms with van der Waals surface area (Å²) >= 11 is 3.44. The SMILES string of the molecule is OCc1cc(Br)ccc1CC1CCCNC1. The lowest BCUT2D eigenvalue weighted by Gasteiger charge is -2.23. The van der Waals surface area contributed by atoms with Crippen molar-refractivity contribution < 1.29 is 5.11 Å². The summed E-state index contributed by atoms with van der Waals surface area (Å²) < 4.78 is 1.04. The number of rotatable bonds is 3. The zero-order chi connectivity index (χ0) is 11.4. The van der Waals surface area contributed by atoms with Crippen LogP contribution in [0.15, 0.2) is 22.7 Å². The number of halogens is 1. The van der Waals surface area contributed by atoms with Crippen molar-refractivity contribution in [3.05, 3.63) is 33.8 Å². The third-order valence-corrected chi connectivity index (χ3v) is 3.74. The first-order valence-corrected chi connectivity index (χ1v) is 6.68. The highest BCUT2D eigenvalue weighted by Crippen LogP contribution is 2.22. The molecule has 1 aliphatic rings. The second-order valence-corrected chi connectivity index (χ2v) is 5.40. The molecule has 0 amide bonds. The van der Waals surface area contributed by atoms with Crippen molar-refractivity contribution in [2.24, 2.45) is 5.92 Å². The van der Waals surface area contributed by atoms with Crippen LogP contribution in [0, 0.1) is 5.92 Å². The topological polar surface area (TPSA) is 32.3 Å². The van der Waals surface area contributed by atoms with E-state index in [2.05, 4.69) is 33.4 Å². The van der Waals surface area contributed by atoms with E-state index in [1.54, 1.807) is 0 Å². The van der Waals surface area contributed by atoms with Crippen LogP contribution in [0.5, 0.6) is 0 Å². The lowest BCUT2D eigenvalue weighted by Crippen LogP contribution is -2.31. The van der Waals surface area contributed by atoms with Gasteiger partial charge in [0, 0.05) is 4.47 Å². The maximum Gasteiger partial charge on any atom is 0.0684 e. The Morgan fingerprint density at radius 3 is 2.94 bits per heavy atom. The van der Waals surface area contributed by atoms with Crippen LogP contribution in [0.4, 0.5) is 0 Å². The van der Waals surface area contributed by atoms with Crippen molar-refractivity contribution in [2.75, 3.05) is 13.1 Å². The van der Waals surface area contributed by atoms with Gasteiger partial charge in [-0.2, -0.15) is 0 Å². The van der Waals surface area contributed by atoms with E-state index >= 15 is 0 Å². The van der Waals surface area contributed by atoms with Crippen LogP contribution in [0.2, 0.25) is 0 Å². The van der Waals surface area contributed by atoms with Gasteiger partial charge in [-0.15, -0.1) is 0 Å². The van der Waals surface area contributed by atoms with E-state index in [0.717, 1.165) is 35.5 Å². The van der Waals surface area contributed by atoms with Crippen LogP contribution >= 0.6 is 15.9 Å². The third kappa shape index (κ3) is 3.06. The summed E-state index contributed by atoms with van der Waals surface area (Å²) in [5.41, 5.74) is 2.35. The smallest absolute Gasteiger partial charge is 0.0684 e. The molecule has 1 aromatic rings. The lowest BCUT2D eigenvalue weighted by molar-refractivity contribution is 0.279. The van der Waals surface area contributed by atoms with Gasteiger partial charge in [0.05, 0.1) is 6.61 Å². The molecule has 2 nitrogen and oxygen atoms in total. The Kier molecular flexibility index (Phi) is 4.38. The average Bonchev–Trinajstić information content (AvgIpc) is 2.33. The standard InChI is InChI=1S/C13H18BrNO/c14-13-4-3-11(12(7-13)9-16)6-10-2-1-5-15-8-10/h3-4,7,10,15-16H,1-2,5-6,8-9H2. The molecule has 1 aromatic carbocycles. The van der Waals surface area contributed by atoms with E-state index in [1.165, 1.54) is 18.4 Å². The summed E-state index contributed by atoms with van der Waals surface area (Å²) in [5, 5.41) is 12.8. The van der Waals surface area contributed by atoms with E-state index in [1.807, 2.05) is 6.07 Å². The Labute approximate surface area is 105 Å². The molecule has 16 heavy (non-hydrogen) atoms. The zero-order valence-corrected chi connectivity index (χ0v) is 11.0. The minimum absolute atomic E-state index is 0.134. The second kappa shape index (κ2) is 5.80. The monoisotopic (exact) mass is 283 g/mol. The molecule has 0 spiro atoms. The number of benzene rings is 1. The van der Waals surface area contributed by atoms with Crippen molar-refractivity contribution in [3.8, 4) is 0 Å². The Morgan fingerprint density at radius 2 is 2.25 bits per heavy atom. The Balaban J connectivity index is 2.07. The highest BCUT2D eigenvalue weighted by molar-refractivity contribution is 9.10. The molecular weight excluding hydrogens is 266 g/mol. The Morgan fingerprint density at radius 1 is 1.38 bits per heavy atom. The number of nitrogens with one attached hydrogen (secondary N) is 1. The summed E-state index contributed by atoms with van der Waals surface area (Å²) in [5.74, 6) is 0.722. The number of aliphatic hydroxyl groups excluding tert-OH is 1. The van der Waals surface area contributed by atoms with Gasteiger partial charge in [-0.05, 0) is 61.5 Å². The van der Waals surface area contributed by atoms with Crippen molar-refractivity contribution in [1.29, 1.82) is 0 Å². The van der Waals surface area contributed by atoms with Gasteiger partial charge in [-0.3, -0.25) is 0 Å². The molecular formula is C13H18BrNO. The fourth-order valence-corrected chi connectivity index (χ4v) is 2.76. The molecule has 1 fully saturated rings. The summed E-state index contributed by atoms with van der Waals surface area (Å²) in [6.45, 7) is 2.40. The van der Waals surface area contributed by atoms with Gasteiger partial charge in [0.25, 0.3) is 0 Å². The van der Waals surface area contributed by atoms with E-state index in [4.69, 9.17) is 0 Å². The fraction of sp³-hybridized carbons (Fsp3) is 0.538. The molecule has 0 aromatic heterocycles. The highest BCUT2D eigenvalue weighted by Gasteiger charge is 2.15. The summed E-state index contributed by atoms with van der Waals surface area (Å²) in [6.07, 6.45) is 3.65. The van der Waals surface area contributed by atoms with Crippen LogP contribution in [0.25, 0.3) is 0 Å². The van der Waals surface area contributed by atoms with Gasteiger partial charge < -0.3 is 10.4 Å². The minimum Gasteiger partial charge on any atom is -0.392 e. The first kappa shape index (κ1) is 12.1. The third-order valence-electron chi connectivity index (χ3n) is 3.25. The minimum atomic E-state index is 0.134. The molecule has 0 bridgehead atoms. The van der Waals surface area contributed by atoms with Gasteiger partial charge in [0.2, 0.25) is 0 Å². The summed E-state index contributed by atoms with van der Waals surface area (Å²) in [6, 6.07) is 6.21. The molecule has 0 aliphatic carbocycles. The molecule has 1 saturated heterocycles. The second-order valence-electron chi connectivity index (χ2n) is 4.49. The predicted molar refractivity (Wildman–Crippen MR) is 69.4 cm³/mol. The normalized spacial score (nSPS) is 21.0. The number of piperidine rings is 1. The van der Waals surface area contributed by atoms with E-state index in [-0.39, 0.29) is 6.61 Å². The van der Waals surface area contributed by atoms with Crippen LogP contribution in [-0.4, -0.2) is 18.2 Å². The highest BCUT2D eigenvalue weighted by atomic mass is 79.9. The molecule has 2 N–H and O–H groups in total. The van der Waals surface area contributed by atoms with Crippen molar-refractivity contribution in [3.63, 3.8) is 0 Å². The number of hydrogen-bond acceptors (Lipinski definition) is 2. The average molecular weight is 284 g/mol. The van der Waals surface area contributed by atoms with Gasteiger partial charge in [-0.1, -0.05) is 22.0 Å². The first-order chi connectivity index (χ1) is 7.79. The molecule has 1 heterocycles. The van der Waals surface area contributed by atoms with Gasteiger partial charge in [0.15, 0.2) is 0 Å². The van der Waals surface area contributed by atoms with Crippen LogP contribution in [0.3, 0.4) is 0 Å².